The van der Waals surface area contributed by atoms with E-state index in [0.717, 1.165) is 24.1 Å². The van der Waals surface area contributed by atoms with E-state index in [9.17, 15) is 5.11 Å². The second-order valence-electron chi connectivity index (χ2n) is 3.00. The fourth-order valence-electron chi connectivity index (χ4n) is 1.38. The van der Waals surface area contributed by atoms with E-state index >= 15 is 0 Å². The Morgan fingerprint density at radius 1 is 1.15 bits per heavy atom. The van der Waals surface area contributed by atoms with Crippen molar-refractivity contribution in [2.24, 2.45) is 4.99 Å². The van der Waals surface area contributed by atoms with Crippen LogP contribution in [0.4, 0.5) is 0 Å². The van der Waals surface area contributed by atoms with Crippen molar-refractivity contribution < 1.29 is 5.11 Å². The normalized spacial score (nSPS) is 15.5. The predicted octanol–water partition coefficient (Wildman–Crippen LogP) is 2.60. The maximum absolute atomic E-state index is 9.55. The first-order valence-electron chi connectivity index (χ1n) is 4.39. The number of allylic oxidation sites excluding steroid dienone is 1. The highest BCUT2D eigenvalue weighted by atomic mass is 16.3. The molecule has 0 saturated carbocycles. The summed E-state index contributed by atoms with van der Waals surface area (Å²) in [6.45, 7) is 0. The van der Waals surface area contributed by atoms with Gasteiger partial charge in [0.2, 0.25) is 0 Å². The highest BCUT2D eigenvalue weighted by Crippen LogP contribution is 2.27. The standard InChI is InChI=1S/C11H11NO/c13-11-7-2-1-5-9(11)10-6-3-4-8-12-10/h1-2,5-8,13H,3-4H2. The van der Waals surface area contributed by atoms with Crippen molar-refractivity contribution in [3.05, 3.63) is 35.9 Å². The number of para-hydroxylation sites is 1. The van der Waals surface area contributed by atoms with Gasteiger partial charge in [0.05, 0.1) is 5.70 Å². The van der Waals surface area contributed by atoms with Gasteiger partial charge in [0.1, 0.15) is 5.75 Å². The molecule has 0 radical (unpaired) electrons. The van der Waals surface area contributed by atoms with Crippen LogP contribution in [0.2, 0.25) is 0 Å². The zero-order valence-electron chi connectivity index (χ0n) is 7.27. The SMILES string of the molecule is Oc1ccccc1C1=CCCC=N1. The molecule has 66 valence electrons. The highest BCUT2D eigenvalue weighted by Gasteiger charge is 2.05. The minimum absolute atomic E-state index is 0.299. The molecule has 1 aromatic rings. The molecule has 2 nitrogen and oxygen atoms in total. The Bertz CT molecular complexity index is 366. The monoisotopic (exact) mass is 173 g/mol. The van der Waals surface area contributed by atoms with Gasteiger partial charge in [-0.3, -0.25) is 4.99 Å². The summed E-state index contributed by atoms with van der Waals surface area (Å²) in [7, 11) is 0. The minimum atomic E-state index is 0.299. The van der Waals surface area contributed by atoms with E-state index in [-0.39, 0.29) is 0 Å². The van der Waals surface area contributed by atoms with Gasteiger partial charge in [0, 0.05) is 11.8 Å². The van der Waals surface area contributed by atoms with E-state index in [1.54, 1.807) is 6.07 Å². The molecule has 13 heavy (non-hydrogen) atoms. The van der Waals surface area contributed by atoms with E-state index in [4.69, 9.17) is 0 Å². The number of rotatable bonds is 1. The van der Waals surface area contributed by atoms with Gasteiger partial charge < -0.3 is 5.11 Å². The summed E-state index contributed by atoms with van der Waals surface area (Å²) in [5.74, 6) is 0.299. The molecule has 0 unspecified atom stereocenters. The van der Waals surface area contributed by atoms with Gasteiger partial charge in [-0.25, -0.2) is 0 Å². The fourth-order valence-corrected chi connectivity index (χ4v) is 1.38. The average Bonchev–Trinajstić information content (AvgIpc) is 2.20. The van der Waals surface area contributed by atoms with E-state index < -0.39 is 0 Å². The summed E-state index contributed by atoms with van der Waals surface area (Å²) in [5.41, 5.74) is 1.70. The number of phenolic OH excluding ortho intramolecular Hbond substituents is 1. The van der Waals surface area contributed by atoms with Gasteiger partial charge in [-0.1, -0.05) is 18.2 Å². The van der Waals surface area contributed by atoms with Crippen LogP contribution in [0.3, 0.4) is 0 Å². The van der Waals surface area contributed by atoms with Gasteiger partial charge in [-0.2, -0.15) is 0 Å². The van der Waals surface area contributed by atoms with Crippen LogP contribution in [0.5, 0.6) is 5.75 Å². The molecule has 0 saturated heterocycles. The summed E-state index contributed by atoms with van der Waals surface area (Å²) in [6, 6.07) is 7.27. The van der Waals surface area contributed by atoms with E-state index in [1.165, 1.54) is 0 Å². The molecule has 0 aromatic heterocycles. The summed E-state index contributed by atoms with van der Waals surface area (Å²) in [5, 5.41) is 9.55. The molecule has 1 aromatic carbocycles. The van der Waals surface area contributed by atoms with Crippen molar-refractivity contribution in [2.45, 2.75) is 12.8 Å². The molecule has 1 N–H and O–H groups in total. The van der Waals surface area contributed by atoms with Gasteiger partial charge in [-0.15, -0.1) is 0 Å². The Labute approximate surface area is 77.3 Å². The van der Waals surface area contributed by atoms with Crippen molar-refractivity contribution in [1.82, 2.24) is 0 Å². The molecule has 2 rings (SSSR count). The summed E-state index contributed by atoms with van der Waals surface area (Å²) in [4.78, 5) is 4.24. The zero-order valence-corrected chi connectivity index (χ0v) is 7.27. The number of phenols is 1. The molecule has 1 aliphatic rings. The van der Waals surface area contributed by atoms with Crippen LogP contribution in [0.15, 0.2) is 35.3 Å². The molecular weight excluding hydrogens is 162 g/mol. The zero-order chi connectivity index (χ0) is 9.10. The summed E-state index contributed by atoms with van der Waals surface area (Å²) >= 11 is 0. The number of benzene rings is 1. The number of hydrogen-bond acceptors (Lipinski definition) is 2. The maximum atomic E-state index is 9.55. The number of aliphatic imine (C=N–C) groups is 1. The van der Waals surface area contributed by atoms with Gasteiger partial charge in [0.15, 0.2) is 0 Å². The van der Waals surface area contributed by atoms with Crippen LogP contribution in [0, 0.1) is 0 Å². The Hall–Kier alpha value is -1.57. The lowest BCUT2D eigenvalue weighted by Gasteiger charge is -2.07. The smallest absolute Gasteiger partial charge is 0.124 e. The number of hydrogen-bond donors (Lipinski definition) is 1. The first kappa shape index (κ1) is 8.05. The van der Waals surface area contributed by atoms with Crippen LogP contribution in [-0.4, -0.2) is 11.3 Å². The predicted molar refractivity (Wildman–Crippen MR) is 53.8 cm³/mol. The van der Waals surface area contributed by atoms with Crippen LogP contribution in [0.25, 0.3) is 5.70 Å². The molecule has 2 heteroatoms. The van der Waals surface area contributed by atoms with Crippen molar-refractivity contribution >= 4 is 11.9 Å². The van der Waals surface area contributed by atoms with E-state index in [0.29, 0.717) is 5.75 Å². The minimum Gasteiger partial charge on any atom is -0.507 e. The van der Waals surface area contributed by atoms with Crippen molar-refractivity contribution in [3.63, 3.8) is 0 Å². The van der Waals surface area contributed by atoms with Crippen LogP contribution in [0.1, 0.15) is 18.4 Å². The second-order valence-corrected chi connectivity index (χ2v) is 3.00. The molecule has 1 heterocycles. The molecule has 0 amide bonds. The molecule has 0 bridgehead atoms. The van der Waals surface area contributed by atoms with Crippen molar-refractivity contribution in [2.75, 3.05) is 0 Å². The van der Waals surface area contributed by atoms with E-state index in [2.05, 4.69) is 11.1 Å². The second kappa shape index (κ2) is 3.44. The molecule has 0 spiro atoms. The number of nitrogens with zero attached hydrogens (tertiary/aromatic N) is 1. The summed E-state index contributed by atoms with van der Waals surface area (Å²) < 4.78 is 0. The van der Waals surface area contributed by atoms with Crippen molar-refractivity contribution in [1.29, 1.82) is 0 Å². The lowest BCUT2D eigenvalue weighted by molar-refractivity contribution is 0.473. The Balaban J connectivity index is 2.40. The van der Waals surface area contributed by atoms with Gasteiger partial charge in [0.25, 0.3) is 0 Å². The highest BCUT2D eigenvalue weighted by molar-refractivity contribution is 5.78. The number of aromatic hydroxyl groups is 1. The Kier molecular flexibility index (Phi) is 2.13. The Morgan fingerprint density at radius 2 is 2.00 bits per heavy atom. The first-order valence-corrected chi connectivity index (χ1v) is 4.39. The third kappa shape index (κ3) is 1.61. The van der Waals surface area contributed by atoms with Crippen molar-refractivity contribution in [3.8, 4) is 5.75 Å². The Morgan fingerprint density at radius 3 is 2.69 bits per heavy atom. The van der Waals surface area contributed by atoms with E-state index in [1.807, 2.05) is 24.4 Å². The molecule has 0 atom stereocenters. The fraction of sp³-hybridized carbons (Fsp3) is 0.182. The molecular formula is C11H11NO. The molecule has 0 aliphatic carbocycles. The van der Waals surface area contributed by atoms with Crippen LogP contribution >= 0.6 is 0 Å². The van der Waals surface area contributed by atoms with Crippen LogP contribution < -0.4 is 0 Å². The molecule has 1 aliphatic heterocycles. The largest absolute Gasteiger partial charge is 0.507 e. The lowest BCUT2D eigenvalue weighted by atomic mass is 10.1. The third-order valence-corrected chi connectivity index (χ3v) is 2.04. The average molecular weight is 173 g/mol. The van der Waals surface area contributed by atoms with Crippen LogP contribution in [-0.2, 0) is 0 Å². The summed E-state index contributed by atoms with van der Waals surface area (Å²) in [6.07, 6.45) is 5.95. The van der Waals surface area contributed by atoms with Gasteiger partial charge in [-0.05, 0) is 25.0 Å². The maximum Gasteiger partial charge on any atom is 0.124 e. The first-order chi connectivity index (χ1) is 6.38. The molecule has 0 fully saturated rings. The van der Waals surface area contributed by atoms with Gasteiger partial charge >= 0.3 is 0 Å². The lowest BCUT2D eigenvalue weighted by Crippen LogP contribution is -1.89. The quantitative estimate of drug-likeness (QED) is 0.695. The third-order valence-electron chi connectivity index (χ3n) is 2.04. The topological polar surface area (TPSA) is 32.6 Å².